The highest BCUT2D eigenvalue weighted by molar-refractivity contribution is 6.20. The Morgan fingerprint density at radius 2 is 0.589 bits per heavy atom. The molecule has 0 aliphatic carbocycles. The number of hydrogen-bond donors (Lipinski definition) is 0. The molecule has 14 aromatic carbocycles. The van der Waals surface area contributed by atoms with Crippen LogP contribution in [0.2, 0.25) is 0 Å². The fourth-order valence-electron chi connectivity index (χ4n) is 15.2. The van der Waals surface area contributed by atoms with Gasteiger partial charge in [0.1, 0.15) is 16.7 Å². The maximum Gasteiger partial charge on any atom is 0.160 e. The Morgan fingerprint density at radius 1 is 0.200 bits per heavy atom. The van der Waals surface area contributed by atoms with E-state index < -0.39 is 0 Å². The van der Waals surface area contributed by atoms with Crippen LogP contribution in [0.25, 0.3) is 187 Å². The number of nitrogens with zero attached hydrogens (tertiary/aromatic N) is 4. The van der Waals surface area contributed by atoms with Crippen LogP contribution in [0, 0.1) is 0 Å². The molecule has 0 amide bonds. The topological polar surface area (TPSA) is 46.0 Å². The van der Waals surface area contributed by atoms with E-state index in [9.17, 15) is 0 Å². The molecule has 6 heteroatoms. The molecular weight excluding hydrogens is 1100 g/mol. The number of furan rings is 2. The molecule has 0 radical (unpaired) electrons. The second-order valence-corrected chi connectivity index (χ2v) is 23.9. The molecule has 0 spiro atoms. The van der Waals surface area contributed by atoms with Gasteiger partial charge >= 0.3 is 0 Å². The van der Waals surface area contributed by atoms with Crippen LogP contribution in [0.3, 0.4) is 0 Å². The molecule has 0 bridgehead atoms. The van der Waals surface area contributed by atoms with Crippen LogP contribution in [0.1, 0.15) is 0 Å². The lowest BCUT2D eigenvalue weighted by Gasteiger charge is -2.13. The fraction of sp³-hybridized carbons (Fsp3) is 0. The second kappa shape index (κ2) is 18.7. The number of hydrogen-bond acceptors (Lipinski definition) is 2. The summed E-state index contributed by atoms with van der Waals surface area (Å²) in [7, 11) is 0. The normalized spacial score (nSPS) is 12.2. The highest BCUT2D eigenvalue weighted by Gasteiger charge is 2.24. The van der Waals surface area contributed by atoms with E-state index in [0.717, 1.165) is 122 Å². The average Bonchev–Trinajstić information content (AvgIpc) is 1.78. The molecule has 6 heterocycles. The number of rotatable bonds is 7. The molecule has 20 aromatic rings. The summed E-state index contributed by atoms with van der Waals surface area (Å²) in [6.45, 7) is 0. The zero-order chi connectivity index (χ0) is 58.7. The van der Waals surface area contributed by atoms with Crippen LogP contribution in [0.4, 0.5) is 0 Å². The van der Waals surface area contributed by atoms with Gasteiger partial charge in [-0.2, -0.15) is 0 Å². The Hall–Kier alpha value is -12.1. The molecule has 0 atom stereocenters. The smallest absolute Gasteiger partial charge is 0.160 e. The number of benzene rings is 14. The van der Waals surface area contributed by atoms with Gasteiger partial charge in [0.15, 0.2) is 5.58 Å². The lowest BCUT2D eigenvalue weighted by Crippen LogP contribution is -1.96. The molecule has 0 N–H and O–H groups in total. The Kier molecular flexibility index (Phi) is 10.2. The number of fused-ring (bicyclic) bond motifs is 18. The fourth-order valence-corrected chi connectivity index (χ4v) is 15.2. The van der Waals surface area contributed by atoms with Crippen molar-refractivity contribution in [3.8, 4) is 56.1 Å². The predicted molar refractivity (Wildman–Crippen MR) is 375 cm³/mol. The summed E-state index contributed by atoms with van der Waals surface area (Å²) in [5.41, 5.74) is 23.9. The highest BCUT2D eigenvalue weighted by Crippen LogP contribution is 2.46. The van der Waals surface area contributed by atoms with Crippen molar-refractivity contribution < 1.29 is 8.83 Å². The van der Waals surface area contributed by atoms with Crippen molar-refractivity contribution in [2.45, 2.75) is 0 Å². The van der Waals surface area contributed by atoms with Crippen molar-refractivity contribution in [3.05, 3.63) is 303 Å². The first kappa shape index (κ1) is 49.0. The SMILES string of the molecule is c1ccc(-n2c3ccccc3c3cc(-c4ccc5c(c4)c4ccccc4n5-c4ccc(-c5ccc6c7cc(-c8ccc9c(c8)c8ccccc8n9-c8ccc9c(c8)oc8ccccc89)ccc7n(-c7ccccc7)c6c5)c5c4oc4ccccc45)ccc32)cc1. The summed E-state index contributed by atoms with van der Waals surface area (Å²) in [5.74, 6) is 0. The minimum absolute atomic E-state index is 0.849. The van der Waals surface area contributed by atoms with Crippen molar-refractivity contribution >= 4 is 131 Å². The molecule has 0 saturated heterocycles. The van der Waals surface area contributed by atoms with Crippen LogP contribution in [0.5, 0.6) is 0 Å². The standard InChI is InChI=1S/C84H50N4O2/c1-3-17-56(18-4-1)85-71-26-12-7-21-60(71)67-45-51(32-40-74(67)85)54-35-43-77-69(47-54)62-23-9-14-28-73(62)88(77)78-44-39-59(83-66-25-11-16-30-81(66)90-84(78)83)55-31-37-63-70-48-53(33-41-75(70)86(79(63)49-55)57-19-5-2-6-20-57)52-34-42-76-68(46-52)61-22-8-13-27-72(61)87(76)58-36-38-65-64-24-10-15-29-80(64)89-82(65)50-58/h1-50H. The highest BCUT2D eigenvalue weighted by atomic mass is 16.3. The summed E-state index contributed by atoms with van der Waals surface area (Å²) < 4.78 is 23.1. The summed E-state index contributed by atoms with van der Waals surface area (Å²) in [6, 6.07) is 111. The minimum atomic E-state index is 0.849. The Labute approximate surface area is 514 Å². The zero-order valence-electron chi connectivity index (χ0n) is 48.5. The molecule has 0 aliphatic heterocycles. The first-order valence-corrected chi connectivity index (χ1v) is 30.8. The third kappa shape index (κ3) is 7.04. The third-order valence-electron chi connectivity index (χ3n) is 19.2. The summed E-state index contributed by atoms with van der Waals surface area (Å²) in [4.78, 5) is 0. The van der Waals surface area contributed by atoms with Crippen LogP contribution in [0.15, 0.2) is 312 Å². The summed E-state index contributed by atoms with van der Waals surface area (Å²) >= 11 is 0. The minimum Gasteiger partial charge on any atom is -0.456 e. The second-order valence-electron chi connectivity index (χ2n) is 23.9. The lowest BCUT2D eigenvalue weighted by molar-refractivity contribution is 0.666. The van der Waals surface area contributed by atoms with Crippen molar-refractivity contribution in [2.24, 2.45) is 0 Å². The van der Waals surface area contributed by atoms with Gasteiger partial charge < -0.3 is 27.1 Å². The van der Waals surface area contributed by atoms with Crippen molar-refractivity contribution in [2.75, 3.05) is 0 Å². The van der Waals surface area contributed by atoms with Crippen molar-refractivity contribution in [1.82, 2.24) is 18.3 Å². The van der Waals surface area contributed by atoms with Crippen LogP contribution < -0.4 is 0 Å². The molecule has 20 rings (SSSR count). The Bertz CT molecular complexity index is 6400. The molecule has 6 aromatic heterocycles. The largest absolute Gasteiger partial charge is 0.456 e. The molecule has 6 nitrogen and oxygen atoms in total. The van der Waals surface area contributed by atoms with E-state index in [1.807, 2.05) is 12.1 Å². The van der Waals surface area contributed by atoms with Gasteiger partial charge in [0.2, 0.25) is 0 Å². The molecule has 90 heavy (non-hydrogen) atoms. The average molecular weight is 1150 g/mol. The molecular formula is C84H50N4O2. The number of para-hydroxylation sites is 7. The van der Waals surface area contributed by atoms with Crippen molar-refractivity contribution in [3.63, 3.8) is 0 Å². The van der Waals surface area contributed by atoms with Gasteiger partial charge in [-0.15, -0.1) is 0 Å². The van der Waals surface area contributed by atoms with Crippen LogP contribution in [-0.2, 0) is 0 Å². The van der Waals surface area contributed by atoms with Crippen LogP contribution in [-0.4, -0.2) is 18.3 Å². The molecule has 0 fully saturated rings. The molecule has 0 saturated carbocycles. The van der Waals surface area contributed by atoms with Gasteiger partial charge in [0.25, 0.3) is 0 Å². The molecule has 418 valence electrons. The summed E-state index contributed by atoms with van der Waals surface area (Å²) in [6.07, 6.45) is 0. The Morgan fingerprint density at radius 3 is 1.14 bits per heavy atom. The van der Waals surface area contributed by atoms with E-state index in [4.69, 9.17) is 8.83 Å². The summed E-state index contributed by atoms with van der Waals surface area (Å²) in [5, 5.41) is 14.1. The zero-order valence-corrected chi connectivity index (χ0v) is 48.5. The van der Waals surface area contributed by atoms with E-state index in [-0.39, 0.29) is 0 Å². The van der Waals surface area contributed by atoms with Gasteiger partial charge in [0, 0.05) is 87.8 Å². The van der Waals surface area contributed by atoms with E-state index in [2.05, 4.69) is 309 Å². The number of aromatic nitrogens is 4. The quantitative estimate of drug-likeness (QED) is 0.160. The van der Waals surface area contributed by atoms with Gasteiger partial charge in [-0.05, 0) is 161 Å². The van der Waals surface area contributed by atoms with E-state index in [0.29, 0.717) is 0 Å². The third-order valence-corrected chi connectivity index (χ3v) is 19.2. The first-order chi connectivity index (χ1) is 44.6. The molecule has 0 unspecified atom stereocenters. The molecule has 0 aliphatic rings. The first-order valence-electron chi connectivity index (χ1n) is 30.8. The van der Waals surface area contributed by atoms with Gasteiger partial charge in [-0.1, -0.05) is 170 Å². The van der Waals surface area contributed by atoms with Gasteiger partial charge in [0.05, 0.1) is 49.8 Å². The maximum absolute atomic E-state index is 7.12. The van der Waals surface area contributed by atoms with E-state index in [1.165, 1.54) is 65.3 Å². The van der Waals surface area contributed by atoms with Gasteiger partial charge in [-0.25, -0.2) is 0 Å². The van der Waals surface area contributed by atoms with E-state index >= 15 is 0 Å². The van der Waals surface area contributed by atoms with Crippen LogP contribution >= 0.6 is 0 Å². The Balaban J connectivity index is 0.722. The predicted octanol–water partition coefficient (Wildman–Crippen LogP) is 22.9. The maximum atomic E-state index is 7.12. The van der Waals surface area contributed by atoms with E-state index in [1.54, 1.807) is 0 Å². The van der Waals surface area contributed by atoms with Gasteiger partial charge in [-0.3, -0.25) is 0 Å². The monoisotopic (exact) mass is 1150 g/mol. The lowest BCUT2D eigenvalue weighted by atomic mass is 9.97. The van der Waals surface area contributed by atoms with Crippen molar-refractivity contribution in [1.29, 1.82) is 0 Å².